The van der Waals surface area contributed by atoms with Crippen LogP contribution in [0.2, 0.25) is 8.63 Å². The number of hydrogen-bond donors (Lipinski definition) is 0. The third kappa shape index (κ3) is 4.41. The summed E-state index contributed by atoms with van der Waals surface area (Å²) in [6.07, 6.45) is 6.86. The average Bonchev–Trinajstić information content (AvgIpc) is 1.99. The molecule has 0 saturated carbocycles. The molecular formula is C13H22Se2. The van der Waals surface area contributed by atoms with Crippen molar-refractivity contribution in [3.63, 3.8) is 0 Å². The topological polar surface area (TPSA) is 0 Å². The minimum atomic E-state index is -0.704. The summed E-state index contributed by atoms with van der Waals surface area (Å²) in [7, 11) is 0. The Bertz CT molecular complexity index is 319. The molecule has 0 nitrogen and oxygen atoms in total. The standard InChI is InChI=1S/C13H22Se2/c1-12(2,3)14-11-9-7-8-10-15(11)13(4,5)6/h7-10H,1-6H3. The maximum atomic E-state index is 2.49. The van der Waals surface area contributed by atoms with Crippen molar-refractivity contribution in [3.8, 4) is 0 Å². The van der Waals surface area contributed by atoms with Gasteiger partial charge in [0.25, 0.3) is 0 Å². The van der Waals surface area contributed by atoms with E-state index in [0.717, 1.165) is 0 Å². The fraction of sp³-hybridized carbons (Fsp3) is 0.615. The van der Waals surface area contributed by atoms with Crippen LogP contribution < -0.4 is 0 Å². The van der Waals surface area contributed by atoms with Gasteiger partial charge >= 0.3 is 105 Å². The van der Waals surface area contributed by atoms with Gasteiger partial charge in [0.2, 0.25) is 0 Å². The predicted octanol–water partition coefficient (Wildman–Crippen LogP) is 3.58. The van der Waals surface area contributed by atoms with E-state index in [2.05, 4.69) is 64.7 Å². The van der Waals surface area contributed by atoms with Gasteiger partial charge in [0.1, 0.15) is 0 Å². The molecular weight excluding hydrogens is 314 g/mol. The van der Waals surface area contributed by atoms with Gasteiger partial charge in [0, 0.05) is 0 Å². The second-order valence-corrected chi connectivity index (χ2v) is 16.4. The van der Waals surface area contributed by atoms with Crippen molar-refractivity contribution in [2.24, 2.45) is 0 Å². The molecule has 86 valence electrons. The van der Waals surface area contributed by atoms with Crippen LogP contribution in [-0.2, 0) is 0 Å². The monoisotopic (exact) mass is 338 g/mol. The van der Waals surface area contributed by atoms with E-state index < -0.39 is 13.5 Å². The molecule has 2 heteroatoms. The first-order valence-corrected chi connectivity index (χ1v) is 9.76. The fourth-order valence-electron chi connectivity index (χ4n) is 1.29. The van der Waals surface area contributed by atoms with Crippen LogP contribution in [-0.4, -0.2) is 31.7 Å². The van der Waals surface area contributed by atoms with E-state index >= 15 is 0 Å². The molecule has 0 aromatic heterocycles. The summed E-state index contributed by atoms with van der Waals surface area (Å²) in [5.74, 6) is 0. The zero-order valence-corrected chi connectivity index (χ0v) is 14.1. The van der Waals surface area contributed by atoms with Gasteiger partial charge in [-0.15, -0.1) is 0 Å². The third-order valence-corrected chi connectivity index (χ3v) is 11.6. The van der Waals surface area contributed by atoms with E-state index in [-0.39, 0.29) is 0 Å². The van der Waals surface area contributed by atoms with Crippen molar-refractivity contribution in [2.75, 3.05) is 0 Å². The van der Waals surface area contributed by atoms with Crippen LogP contribution in [0.25, 0.3) is 0 Å². The van der Waals surface area contributed by atoms with Crippen molar-refractivity contribution in [2.45, 2.75) is 50.2 Å². The average molecular weight is 336 g/mol. The Morgan fingerprint density at radius 3 is 2.07 bits per heavy atom. The molecule has 1 unspecified atom stereocenters. The SMILES string of the molecule is CC(C)(C)[Se]C1=[Se](C(C)(C)C)C=CC=C1. The number of hydrogen-bond acceptors (Lipinski definition) is 0. The van der Waals surface area contributed by atoms with E-state index in [1.54, 1.807) is 3.32 Å². The molecule has 0 fully saturated rings. The summed E-state index contributed by atoms with van der Waals surface area (Å²) < 4.78 is 2.72. The van der Waals surface area contributed by atoms with E-state index in [1.165, 1.54) is 0 Å². The van der Waals surface area contributed by atoms with E-state index in [4.69, 9.17) is 0 Å². The van der Waals surface area contributed by atoms with E-state index in [0.29, 0.717) is 23.6 Å². The summed E-state index contributed by atoms with van der Waals surface area (Å²) in [5, 5.41) is 0. The molecule has 1 heterocycles. The number of rotatable bonds is 1. The van der Waals surface area contributed by atoms with Crippen molar-refractivity contribution < 1.29 is 0 Å². The van der Waals surface area contributed by atoms with Crippen LogP contribution in [0.4, 0.5) is 0 Å². The molecule has 1 atom stereocenters. The maximum absolute atomic E-state index is 2.49. The Morgan fingerprint density at radius 2 is 1.60 bits per heavy atom. The normalized spacial score (nSPS) is 22.3. The Kier molecular flexibility index (Phi) is 4.23. The van der Waals surface area contributed by atoms with Gasteiger partial charge in [-0.1, -0.05) is 0 Å². The van der Waals surface area contributed by atoms with Crippen molar-refractivity contribution in [1.29, 1.82) is 0 Å². The molecule has 0 aliphatic carbocycles. The fourth-order valence-corrected chi connectivity index (χ4v) is 13.5. The first-order chi connectivity index (χ1) is 6.70. The first kappa shape index (κ1) is 13.5. The molecule has 0 aromatic rings. The molecule has 0 N–H and O–H groups in total. The quantitative estimate of drug-likeness (QED) is 0.642. The molecule has 15 heavy (non-hydrogen) atoms. The molecule has 0 bridgehead atoms. The van der Waals surface area contributed by atoms with Crippen molar-refractivity contribution >= 4 is 31.7 Å². The first-order valence-electron chi connectivity index (χ1n) is 5.34. The Balaban J connectivity index is 3.05. The van der Waals surface area contributed by atoms with Gasteiger partial charge in [-0.05, 0) is 0 Å². The predicted molar refractivity (Wildman–Crippen MR) is 74.2 cm³/mol. The van der Waals surface area contributed by atoms with Gasteiger partial charge in [0.15, 0.2) is 0 Å². The van der Waals surface area contributed by atoms with Crippen LogP contribution >= 0.6 is 0 Å². The van der Waals surface area contributed by atoms with Crippen LogP contribution in [0.15, 0.2) is 23.2 Å². The van der Waals surface area contributed by atoms with Crippen molar-refractivity contribution in [1.82, 2.24) is 0 Å². The van der Waals surface area contributed by atoms with Crippen LogP contribution in [0.1, 0.15) is 41.5 Å². The second kappa shape index (κ2) is 4.72. The van der Waals surface area contributed by atoms with Crippen molar-refractivity contribution in [3.05, 3.63) is 23.2 Å². The summed E-state index contributed by atoms with van der Waals surface area (Å²) in [4.78, 5) is 2.49. The summed E-state index contributed by atoms with van der Waals surface area (Å²) in [6.45, 7) is 14.2. The molecule has 0 aromatic carbocycles. The molecule has 0 saturated heterocycles. The molecule has 0 radical (unpaired) electrons. The minimum absolute atomic E-state index is 0.476. The summed E-state index contributed by atoms with van der Waals surface area (Å²) in [5.41, 5.74) is 0. The second-order valence-electron chi connectivity index (χ2n) is 5.67. The molecule has 0 spiro atoms. The number of allylic oxidation sites excluding steroid dienone is 3. The molecule has 1 aliphatic heterocycles. The van der Waals surface area contributed by atoms with Crippen LogP contribution in [0.5, 0.6) is 0 Å². The van der Waals surface area contributed by atoms with Crippen LogP contribution in [0.3, 0.4) is 0 Å². The summed E-state index contributed by atoms with van der Waals surface area (Å²) >= 11 is -0.0592. The Labute approximate surface area is 105 Å². The van der Waals surface area contributed by atoms with Gasteiger partial charge in [-0.3, -0.25) is 0 Å². The van der Waals surface area contributed by atoms with Gasteiger partial charge in [0.05, 0.1) is 0 Å². The molecule has 1 rings (SSSR count). The van der Waals surface area contributed by atoms with Gasteiger partial charge in [-0.2, -0.15) is 0 Å². The van der Waals surface area contributed by atoms with Gasteiger partial charge in [-0.25, -0.2) is 0 Å². The third-order valence-electron chi connectivity index (χ3n) is 1.84. The molecule has 0 amide bonds. The Morgan fingerprint density at radius 1 is 1.00 bits per heavy atom. The zero-order chi connectivity index (χ0) is 11.7. The summed E-state index contributed by atoms with van der Waals surface area (Å²) in [6, 6.07) is 0. The van der Waals surface area contributed by atoms with Crippen LogP contribution in [0, 0.1) is 0 Å². The van der Waals surface area contributed by atoms with E-state index in [1.807, 2.05) is 0 Å². The Hall–Kier alpha value is 0.389. The zero-order valence-electron chi connectivity index (χ0n) is 10.6. The van der Waals surface area contributed by atoms with E-state index in [9.17, 15) is 0 Å². The van der Waals surface area contributed by atoms with Gasteiger partial charge < -0.3 is 0 Å². The molecule has 1 aliphatic rings.